The molecule has 0 heterocycles. The molecule has 0 bridgehead atoms. The van der Waals surface area contributed by atoms with Gasteiger partial charge in [-0.05, 0) is 83.5 Å². The second-order valence-corrected chi connectivity index (χ2v) is 27.0. The number of aliphatic hydroxyl groups is 2. The molecular weight excluding hydrogens is 1050 g/mol. The Morgan fingerprint density at radius 3 is 0.826 bits per heavy atom. The first-order valence-corrected chi connectivity index (χ1v) is 39.3. The first kappa shape index (κ1) is 84.1. The van der Waals surface area contributed by atoms with Crippen molar-refractivity contribution in [3.8, 4) is 0 Å². The normalized spacial score (nSPS) is 12.7. The van der Waals surface area contributed by atoms with E-state index in [1.807, 2.05) is 6.08 Å². The molecule has 0 aliphatic rings. The summed E-state index contributed by atoms with van der Waals surface area (Å²) in [6.07, 6.45) is 98.2. The minimum absolute atomic E-state index is 0.0136. The molecule has 0 aliphatic carbocycles. The number of ether oxygens (including phenoxy) is 1. The standard InChI is InChI=1S/C80H153NO5/c1-3-5-7-9-11-13-15-17-19-21-23-24-25-27-30-33-37-40-44-48-52-56-60-64-68-72-78(83)77(76-82)81-79(84)73-69-65-61-57-53-49-45-41-38-34-31-28-26-29-32-35-39-43-47-51-55-59-63-67-71-75-86-80(85)74-70-66-62-58-54-50-46-42-36-22-20-18-16-14-12-10-8-6-4-2/h18,20,28,31,68,72,77-78,82-83H,3-17,19,21-27,29-30,32-67,69-71,73-76H2,1-2H3,(H,81,84)/b20-18-,31-28-,72-68+. The van der Waals surface area contributed by atoms with Crippen LogP contribution >= 0.6 is 0 Å². The Morgan fingerprint density at radius 1 is 0.314 bits per heavy atom. The molecule has 508 valence electrons. The molecule has 0 aromatic rings. The van der Waals surface area contributed by atoms with E-state index in [9.17, 15) is 19.8 Å². The molecule has 6 nitrogen and oxygen atoms in total. The Morgan fingerprint density at radius 2 is 0.547 bits per heavy atom. The number of hydrogen-bond acceptors (Lipinski definition) is 5. The van der Waals surface area contributed by atoms with Gasteiger partial charge in [0.05, 0.1) is 25.4 Å². The maximum atomic E-state index is 12.6. The zero-order valence-corrected chi connectivity index (χ0v) is 58.3. The molecule has 2 unspecified atom stereocenters. The SMILES string of the molecule is CCCCCCCC/C=C\CCCCCCCCCCCC(=O)OCCCCCCCCCCCCCC/C=C\CCCCCCCCCCCC(=O)NC(CO)C(O)/C=C/CCCCCCCCCCCCCCCCCCCCCCCCC. The molecule has 6 heteroatoms. The van der Waals surface area contributed by atoms with E-state index < -0.39 is 12.1 Å². The van der Waals surface area contributed by atoms with Crippen LogP contribution in [0.2, 0.25) is 0 Å². The largest absolute Gasteiger partial charge is 0.466 e. The fourth-order valence-corrected chi connectivity index (χ4v) is 12.4. The molecule has 2 atom stereocenters. The number of nitrogens with one attached hydrogen (secondary N) is 1. The molecule has 0 saturated carbocycles. The molecule has 0 spiro atoms. The molecule has 3 N–H and O–H groups in total. The first-order chi connectivity index (χ1) is 42.5. The van der Waals surface area contributed by atoms with Crippen LogP contribution in [0.15, 0.2) is 36.5 Å². The Bertz CT molecular complexity index is 1390. The van der Waals surface area contributed by atoms with Crippen molar-refractivity contribution in [3.63, 3.8) is 0 Å². The maximum Gasteiger partial charge on any atom is 0.305 e. The van der Waals surface area contributed by atoms with Crippen LogP contribution in [0.1, 0.15) is 438 Å². The highest BCUT2D eigenvalue weighted by molar-refractivity contribution is 5.76. The number of aliphatic hydroxyl groups excluding tert-OH is 2. The molecule has 0 aromatic carbocycles. The van der Waals surface area contributed by atoms with Gasteiger partial charge in [0.15, 0.2) is 0 Å². The highest BCUT2D eigenvalue weighted by atomic mass is 16.5. The van der Waals surface area contributed by atoms with E-state index in [4.69, 9.17) is 4.74 Å². The molecule has 0 saturated heterocycles. The fourth-order valence-electron chi connectivity index (χ4n) is 12.4. The van der Waals surface area contributed by atoms with Gasteiger partial charge in [0.1, 0.15) is 0 Å². The molecule has 0 rings (SSSR count). The van der Waals surface area contributed by atoms with Crippen LogP contribution in [0.25, 0.3) is 0 Å². The van der Waals surface area contributed by atoms with E-state index >= 15 is 0 Å². The molecule has 86 heavy (non-hydrogen) atoms. The lowest BCUT2D eigenvalue weighted by atomic mass is 10.0. The van der Waals surface area contributed by atoms with Gasteiger partial charge in [-0.3, -0.25) is 9.59 Å². The maximum absolute atomic E-state index is 12.6. The van der Waals surface area contributed by atoms with Crippen molar-refractivity contribution >= 4 is 11.9 Å². The molecule has 0 radical (unpaired) electrons. The molecule has 0 aliphatic heterocycles. The topological polar surface area (TPSA) is 95.9 Å². The van der Waals surface area contributed by atoms with Crippen molar-refractivity contribution in [2.75, 3.05) is 13.2 Å². The average Bonchev–Trinajstić information content (AvgIpc) is 3.53. The van der Waals surface area contributed by atoms with E-state index in [0.29, 0.717) is 19.4 Å². The summed E-state index contributed by atoms with van der Waals surface area (Å²) in [6.45, 7) is 4.94. The lowest BCUT2D eigenvalue weighted by molar-refractivity contribution is -0.143. The first-order valence-electron chi connectivity index (χ1n) is 39.3. The van der Waals surface area contributed by atoms with Gasteiger partial charge < -0.3 is 20.3 Å². The summed E-state index contributed by atoms with van der Waals surface area (Å²) >= 11 is 0. The van der Waals surface area contributed by atoms with Crippen molar-refractivity contribution in [1.82, 2.24) is 5.32 Å². The van der Waals surface area contributed by atoms with Gasteiger partial charge in [-0.15, -0.1) is 0 Å². The van der Waals surface area contributed by atoms with E-state index in [1.54, 1.807) is 6.08 Å². The Hall–Kier alpha value is -1.92. The van der Waals surface area contributed by atoms with E-state index in [2.05, 4.69) is 43.5 Å². The van der Waals surface area contributed by atoms with Crippen LogP contribution in [0, 0.1) is 0 Å². The smallest absolute Gasteiger partial charge is 0.305 e. The monoisotopic (exact) mass is 1210 g/mol. The number of carbonyl (C=O) groups excluding carboxylic acids is 2. The summed E-state index contributed by atoms with van der Waals surface area (Å²) in [6, 6.07) is -0.632. The van der Waals surface area contributed by atoms with Crippen LogP contribution in [0.3, 0.4) is 0 Å². The van der Waals surface area contributed by atoms with Crippen LogP contribution < -0.4 is 5.32 Å². The number of hydrogen-bond donors (Lipinski definition) is 3. The molecule has 0 aromatic heterocycles. The fraction of sp³-hybridized carbons (Fsp3) is 0.900. The third-order valence-electron chi connectivity index (χ3n) is 18.4. The summed E-state index contributed by atoms with van der Waals surface area (Å²) in [4.78, 5) is 24.7. The summed E-state index contributed by atoms with van der Waals surface area (Å²) < 4.78 is 5.51. The third-order valence-corrected chi connectivity index (χ3v) is 18.4. The second-order valence-electron chi connectivity index (χ2n) is 27.0. The summed E-state index contributed by atoms with van der Waals surface area (Å²) in [5.41, 5.74) is 0. The van der Waals surface area contributed by atoms with Gasteiger partial charge in [-0.25, -0.2) is 0 Å². The third kappa shape index (κ3) is 71.2. The zero-order chi connectivity index (χ0) is 62.0. The van der Waals surface area contributed by atoms with Gasteiger partial charge >= 0.3 is 5.97 Å². The van der Waals surface area contributed by atoms with E-state index in [1.165, 1.54) is 366 Å². The molecule has 0 fully saturated rings. The molecular formula is C80H153NO5. The van der Waals surface area contributed by atoms with Crippen molar-refractivity contribution < 1.29 is 24.5 Å². The summed E-state index contributed by atoms with van der Waals surface area (Å²) in [5, 5.41) is 23.3. The van der Waals surface area contributed by atoms with Gasteiger partial charge in [-0.1, -0.05) is 378 Å². The second kappa shape index (κ2) is 75.5. The number of amides is 1. The zero-order valence-electron chi connectivity index (χ0n) is 58.3. The minimum atomic E-state index is -0.849. The van der Waals surface area contributed by atoms with Crippen LogP contribution in [0.4, 0.5) is 0 Å². The summed E-state index contributed by atoms with van der Waals surface area (Å²) in [7, 11) is 0. The van der Waals surface area contributed by atoms with Gasteiger partial charge in [0.2, 0.25) is 5.91 Å². The number of rotatable bonds is 74. The summed E-state index contributed by atoms with van der Waals surface area (Å²) in [5.74, 6) is -0.0528. The molecule has 1 amide bonds. The van der Waals surface area contributed by atoms with Crippen molar-refractivity contribution in [2.24, 2.45) is 0 Å². The Kier molecular flexibility index (Phi) is 73.9. The quantitative estimate of drug-likeness (QED) is 0.0320. The Balaban J connectivity index is 3.41. The van der Waals surface area contributed by atoms with Crippen LogP contribution in [-0.2, 0) is 14.3 Å². The minimum Gasteiger partial charge on any atom is -0.466 e. The van der Waals surface area contributed by atoms with Crippen LogP contribution in [-0.4, -0.2) is 47.4 Å². The van der Waals surface area contributed by atoms with Crippen molar-refractivity contribution in [2.45, 2.75) is 450 Å². The number of allylic oxidation sites excluding steroid dienone is 5. The number of unbranched alkanes of at least 4 members (excludes halogenated alkanes) is 59. The van der Waals surface area contributed by atoms with Gasteiger partial charge in [-0.2, -0.15) is 0 Å². The van der Waals surface area contributed by atoms with Gasteiger partial charge in [0.25, 0.3) is 0 Å². The Labute approximate surface area is 538 Å². The van der Waals surface area contributed by atoms with Gasteiger partial charge in [0, 0.05) is 12.8 Å². The van der Waals surface area contributed by atoms with E-state index in [-0.39, 0.29) is 18.5 Å². The van der Waals surface area contributed by atoms with Crippen molar-refractivity contribution in [1.29, 1.82) is 0 Å². The lowest BCUT2D eigenvalue weighted by Crippen LogP contribution is -2.45. The predicted octanol–water partition coefficient (Wildman–Crippen LogP) is 25.8. The van der Waals surface area contributed by atoms with Crippen LogP contribution in [0.5, 0.6) is 0 Å². The highest BCUT2D eigenvalue weighted by Crippen LogP contribution is 2.19. The van der Waals surface area contributed by atoms with E-state index in [0.717, 1.165) is 44.9 Å². The number of esters is 1. The number of carbonyl (C=O) groups is 2. The highest BCUT2D eigenvalue weighted by Gasteiger charge is 2.18. The van der Waals surface area contributed by atoms with Crippen molar-refractivity contribution in [3.05, 3.63) is 36.5 Å². The average molecular weight is 1210 g/mol. The predicted molar refractivity (Wildman–Crippen MR) is 379 cm³/mol. The lowest BCUT2D eigenvalue weighted by Gasteiger charge is -2.20.